The number of carbonyl (C=O) groups is 1. The van der Waals surface area contributed by atoms with E-state index in [0.717, 1.165) is 22.6 Å². The molecule has 0 spiro atoms. The van der Waals surface area contributed by atoms with Crippen LogP contribution in [0.4, 0.5) is 5.82 Å². The predicted molar refractivity (Wildman–Crippen MR) is 127 cm³/mol. The Bertz CT molecular complexity index is 1100. The number of piperazine rings is 1. The van der Waals surface area contributed by atoms with Gasteiger partial charge in [0.05, 0.1) is 5.69 Å². The number of halogens is 1. The van der Waals surface area contributed by atoms with Gasteiger partial charge in [0.25, 0.3) is 5.91 Å². The minimum atomic E-state index is -0.560. The summed E-state index contributed by atoms with van der Waals surface area (Å²) in [6.07, 6.45) is -0.560. The molecule has 2 heterocycles. The van der Waals surface area contributed by atoms with E-state index < -0.39 is 6.10 Å². The van der Waals surface area contributed by atoms with E-state index in [4.69, 9.17) is 16.3 Å². The van der Waals surface area contributed by atoms with Crippen LogP contribution in [0.1, 0.15) is 18.1 Å². The minimum absolute atomic E-state index is 0.0155. The van der Waals surface area contributed by atoms with Gasteiger partial charge < -0.3 is 14.5 Å². The minimum Gasteiger partial charge on any atom is -0.481 e. The van der Waals surface area contributed by atoms with Gasteiger partial charge in [-0.25, -0.2) is 0 Å². The first-order chi connectivity index (χ1) is 15.4. The molecule has 0 radical (unpaired) electrons. The van der Waals surface area contributed by atoms with E-state index >= 15 is 0 Å². The Morgan fingerprint density at radius 1 is 0.969 bits per heavy atom. The van der Waals surface area contributed by atoms with E-state index in [1.54, 1.807) is 19.1 Å². The molecule has 0 N–H and O–H groups in total. The topological polar surface area (TPSA) is 58.6 Å². The van der Waals surface area contributed by atoms with Crippen molar-refractivity contribution in [2.75, 3.05) is 31.1 Å². The molecule has 1 aromatic heterocycles. The maximum absolute atomic E-state index is 12.9. The molecule has 0 aliphatic carbocycles. The highest BCUT2D eigenvalue weighted by molar-refractivity contribution is 6.31. The van der Waals surface area contributed by atoms with E-state index in [1.807, 2.05) is 42.2 Å². The highest BCUT2D eigenvalue weighted by Crippen LogP contribution is 2.24. The smallest absolute Gasteiger partial charge is 0.263 e. The Labute approximate surface area is 193 Å². The van der Waals surface area contributed by atoms with Crippen LogP contribution in [0.3, 0.4) is 0 Å². The van der Waals surface area contributed by atoms with Gasteiger partial charge in [-0.1, -0.05) is 35.9 Å². The molecule has 1 aliphatic heterocycles. The first kappa shape index (κ1) is 22.1. The lowest BCUT2D eigenvalue weighted by atomic mass is 10.1. The molecule has 7 heteroatoms. The van der Waals surface area contributed by atoms with E-state index in [9.17, 15) is 4.79 Å². The molecule has 32 heavy (non-hydrogen) atoms. The average Bonchev–Trinajstić information content (AvgIpc) is 2.81. The number of hydrogen-bond acceptors (Lipinski definition) is 5. The van der Waals surface area contributed by atoms with E-state index in [-0.39, 0.29) is 5.91 Å². The van der Waals surface area contributed by atoms with Crippen LogP contribution in [-0.4, -0.2) is 53.3 Å². The van der Waals surface area contributed by atoms with Gasteiger partial charge >= 0.3 is 0 Å². The zero-order valence-corrected chi connectivity index (χ0v) is 19.3. The Balaban J connectivity index is 1.33. The molecule has 1 amide bonds. The molecule has 2 aromatic carbocycles. The summed E-state index contributed by atoms with van der Waals surface area (Å²) in [6, 6.07) is 17.6. The van der Waals surface area contributed by atoms with Crippen LogP contribution in [-0.2, 0) is 4.79 Å². The van der Waals surface area contributed by atoms with Crippen LogP contribution < -0.4 is 9.64 Å². The van der Waals surface area contributed by atoms with Gasteiger partial charge in [0.1, 0.15) is 5.75 Å². The van der Waals surface area contributed by atoms with Crippen LogP contribution in [0.25, 0.3) is 11.3 Å². The first-order valence-corrected chi connectivity index (χ1v) is 11.2. The molecule has 1 unspecified atom stereocenters. The summed E-state index contributed by atoms with van der Waals surface area (Å²) in [4.78, 5) is 16.9. The zero-order valence-electron chi connectivity index (χ0n) is 18.6. The average molecular weight is 451 g/mol. The highest BCUT2D eigenvalue weighted by atomic mass is 35.5. The maximum Gasteiger partial charge on any atom is 0.263 e. The van der Waals surface area contributed by atoms with Gasteiger partial charge in [0.2, 0.25) is 0 Å². The SMILES string of the molecule is Cc1cc(OC(C)C(=O)N2CCN(c3ccc(-c4ccccc4C)nn3)CC2)ccc1Cl. The summed E-state index contributed by atoms with van der Waals surface area (Å²) < 4.78 is 5.86. The van der Waals surface area contributed by atoms with Gasteiger partial charge in [0.15, 0.2) is 11.9 Å². The van der Waals surface area contributed by atoms with Crippen molar-refractivity contribution in [1.29, 1.82) is 0 Å². The summed E-state index contributed by atoms with van der Waals surface area (Å²) in [5, 5.41) is 9.54. The molecule has 4 rings (SSSR count). The summed E-state index contributed by atoms with van der Waals surface area (Å²) in [5.41, 5.74) is 4.05. The lowest BCUT2D eigenvalue weighted by Crippen LogP contribution is -2.52. The van der Waals surface area contributed by atoms with Crippen LogP contribution in [0.15, 0.2) is 54.6 Å². The number of rotatable bonds is 5. The van der Waals surface area contributed by atoms with Gasteiger partial charge in [-0.2, -0.15) is 0 Å². The van der Waals surface area contributed by atoms with E-state index in [2.05, 4.69) is 34.2 Å². The molecule has 1 saturated heterocycles. The molecule has 3 aromatic rings. The molecule has 1 aliphatic rings. The number of aromatic nitrogens is 2. The predicted octanol–water partition coefficient (Wildman–Crippen LogP) is 4.53. The van der Waals surface area contributed by atoms with Crippen molar-refractivity contribution in [2.45, 2.75) is 26.9 Å². The van der Waals surface area contributed by atoms with Crippen molar-refractivity contribution in [1.82, 2.24) is 15.1 Å². The summed E-state index contributed by atoms with van der Waals surface area (Å²) in [6.45, 7) is 8.42. The van der Waals surface area contributed by atoms with E-state index in [1.165, 1.54) is 5.56 Å². The second-order valence-corrected chi connectivity index (χ2v) is 8.48. The Morgan fingerprint density at radius 3 is 2.38 bits per heavy atom. The van der Waals surface area contributed by atoms with Crippen LogP contribution in [0.5, 0.6) is 5.75 Å². The molecule has 166 valence electrons. The third-order valence-electron chi connectivity index (χ3n) is 5.78. The summed E-state index contributed by atoms with van der Waals surface area (Å²) >= 11 is 6.07. The number of ether oxygens (including phenoxy) is 1. The Hall–Kier alpha value is -3.12. The molecular formula is C25H27ClN4O2. The van der Waals surface area contributed by atoms with Crippen molar-refractivity contribution in [3.8, 4) is 17.0 Å². The lowest BCUT2D eigenvalue weighted by Gasteiger charge is -2.36. The van der Waals surface area contributed by atoms with E-state index in [0.29, 0.717) is 37.0 Å². The van der Waals surface area contributed by atoms with Gasteiger partial charge in [0, 0.05) is 36.8 Å². The fourth-order valence-electron chi connectivity index (χ4n) is 3.86. The molecule has 1 fully saturated rings. The fourth-order valence-corrected chi connectivity index (χ4v) is 3.97. The zero-order chi connectivity index (χ0) is 22.7. The normalized spacial score (nSPS) is 14.9. The first-order valence-electron chi connectivity index (χ1n) is 10.8. The molecule has 0 bridgehead atoms. The quantitative estimate of drug-likeness (QED) is 0.571. The van der Waals surface area contributed by atoms with Crippen molar-refractivity contribution in [3.63, 3.8) is 0 Å². The number of benzene rings is 2. The van der Waals surface area contributed by atoms with Crippen molar-refractivity contribution in [3.05, 3.63) is 70.7 Å². The van der Waals surface area contributed by atoms with Crippen molar-refractivity contribution >= 4 is 23.3 Å². The second kappa shape index (κ2) is 9.57. The van der Waals surface area contributed by atoms with Gasteiger partial charge in [-0.3, -0.25) is 4.79 Å². The third-order valence-corrected chi connectivity index (χ3v) is 6.20. The van der Waals surface area contributed by atoms with Crippen LogP contribution in [0.2, 0.25) is 5.02 Å². The van der Waals surface area contributed by atoms with Crippen molar-refractivity contribution in [2.24, 2.45) is 0 Å². The number of anilines is 1. The van der Waals surface area contributed by atoms with Crippen LogP contribution >= 0.6 is 11.6 Å². The lowest BCUT2D eigenvalue weighted by molar-refractivity contribution is -0.138. The van der Waals surface area contributed by atoms with Crippen molar-refractivity contribution < 1.29 is 9.53 Å². The number of amides is 1. The molecule has 0 saturated carbocycles. The van der Waals surface area contributed by atoms with Gasteiger partial charge in [-0.15, -0.1) is 10.2 Å². The number of hydrogen-bond donors (Lipinski definition) is 0. The number of aryl methyl sites for hydroxylation is 2. The summed E-state index contributed by atoms with van der Waals surface area (Å²) in [5.74, 6) is 1.46. The monoisotopic (exact) mass is 450 g/mol. The van der Waals surface area contributed by atoms with Gasteiger partial charge in [-0.05, 0) is 62.2 Å². The largest absolute Gasteiger partial charge is 0.481 e. The molecule has 6 nitrogen and oxygen atoms in total. The maximum atomic E-state index is 12.9. The van der Waals surface area contributed by atoms with Crippen LogP contribution in [0, 0.1) is 13.8 Å². The molecule has 1 atom stereocenters. The fraction of sp³-hybridized carbons (Fsp3) is 0.320. The molecular weight excluding hydrogens is 424 g/mol. The third kappa shape index (κ3) is 4.86. The summed E-state index contributed by atoms with van der Waals surface area (Å²) in [7, 11) is 0. The number of nitrogens with zero attached hydrogens (tertiary/aromatic N) is 4. The standard InChI is InChI=1S/C25H27ClN4O2/c1-17-6-4-5-7-21(17)23-10-11-24(28-27-23)29-12-14-30(15-13-29)25(31)19(3)32-20-8-9-22(26)18(2)16-20/h4-11,16,19H,12-15H2,1-3H3. The Kier molecular flexibility index (Phi) is 6.61. The highest BCUT2D eigenvalue weighted by Gasteiger charge is 2.26. The number of carbonyl (C=O) groups excluding carboxylic acids is 1. The Morgan fingerprint density at radius 2 is 1.72 bits per heavy atom. The second-order valence-electron chi connectivity index (χ2n) is 8.08.